The SMILES string of the molecule is CCNC(=NCCCc1nnc2ccccn12)N(C)Cc1ccc(C)cc1.I. The van der Waals surface area contributed by atoms with Crippen molar-refractivity contribution < 1.29 is 0 Å². The van der Waals surface area contributed by atoms with Crippen molar-refractivity contribution in [2.75, 3.05) is 20.1 Å². The Labute approximate surface area is 184 Å². The van der Waals surface area contributed by atoms with Crippen molar-refractivity contribution in [2.24, 2.45) is 4.99 Å². The first kappa shape index (κ1) is 22.1. The fourth-order valence-electron chi connectivity index (χ4n) is 3.00. The van der Waals surface area contributed by atoms with E-state index >= 15 is 0 Å². The fraction of sp³-hybridized carbons (Fsp3) is 0.381. The summed E-state index contributed by atoms with van der Waals surface area (Å²) in [6.45, 7) is 6.64. The Morgan fingerprint density at radius 3 is 2.68 bits per heavy atom. The number of hydrogen-bond donors (Lipinski definition) is 1. The quantitative estimate of drug-likeness (QED) is 0.237. The number of guanidine groups is 1. The van der Waals surface area contributed by atoms with Crippen LogP contribution in [0.15, 0.2) is 53.7 Å². The van der Waals surface area contributed by atoms with Gasteiger partial charge in [-0.25, -0.2) is 0 Å². The molecule has 0 saturated heterocycles. The van der Waals surface area contributed by atoms with E-state index in [4.69, 9.17) is 4.99 Å². The van der Waals surface area contributed by atoms with E-state index in [0.717, 1.165) is 49.9 Å². The van der Waals surface area contributed by atoms with Gasteiger partial charge >= 0.3 is 0 Å². The lowest BCUT2D eigenvalue weighted by atomic mass is 10.1. The third-order valence-corrected chi connectivity index (χ3v) is 4.44. The summed E-state index contributed by atoms with van der Waals surface area (Å²) in [7, 11) is 2.08. The number of rotatable bonds is 7. The minimum atomic E-state index is 0. The molecule has 0 spiro atoms. The highest BCUT2D eigenvalue weighted by Crippen LogP contribution is 2.07. The summed E-state index contributed by atoms with van der Waals surface area (Å²) in [5.74, 6) is 1.92. The number of pyridine rings is 1. The standard InChI is InChI=1S/C21H28N6.HI/c1-4-22-21(26(3)16-18-12-10-17(2)11-13-18)23-14-7-9-20-25-24-19-8-5-6-15-27(19)20;/h5-6,8,10-13,15H,4,7,9,14,16H2,1-3H3,(H,22,23);1H. The molecule has 3 rings (SSSR count). The van der Waals surface area contributed by atoms with Gasteiger partial charge in [-0.3, -0.25) is 9.39 Å². The minimum absolute atomic E-state index is 0. The van der Waals surface area contributed by atoms with Gasteiger partial charge in [0.15, 0.2) is 11.6 Å². The van der Waals surface area contributed by atoms with E-state index in [-0.39, 0.29) is 24.0 Å². The topological polar surface area (TPSA) is 57.8 Å². The Balaban J connectivity index is 0.00000280. The first-order valence-electron chi connectivity index (χ1n) is 9.51. The molecule has 7 heteroatoms. The van der Waals surface area contributed by atoms with Gasteiger partial charge in [-0.1, -0.05) is 35.9 Å². The molecular weight excluding hydrogens is 463 g/mol. The molecule has 0 aliphatic rings. The third kappa shape index (κ3) is 5.92. The lowest BCUT2D eigenvalue weighted by Gasteiger charge is -2.22. The molecule has 2 aromatic heterocycles. The number of halogens is 1. The van der Waals surface area contributed by atoms with Crippen molar-refractivity contribution in [2.45, 2.75) is 33.2 Å². The largest absolute Gasteiger partial charge is 0.357 e. The summed E-state index contributed by atoms with van der Waals surface area (Å²) >= 11 is 0. The zero-order valence-electron chi connectivity index (χ0n) is 16.8. The van der Waals surface area contributed by atoms with E-state index in [9.17, 15) is 0 Å². The molecule has 0 radical (unpaired) electrons. The van der Waals surface area contributed by atoms with E-state index in [1.165, 1.54) is 11.1 Å². The van der Waals surface area contributed by atoms with E-state index in [2.05, 4.69) is 65.6 Å². The molecule has 0 aliphatic carbocycles. The van der Waals surface area contributed by atoms with Crippen LogP contribution in [0.5, 0.6) is 0 Å². The van der Waals surface area contributed by atoms with E-state index in [0.29, 0.717) is 0 Å². The molecule has 0 saturated carbocycles. The Hall–Kier alpha value is -2.16. The maximum absolute atomic E-state index is 4.78. The number of aryl methyl sites for hydroxylation is 2. The number of aliphatic imine (C=N–C) groups is 1. The Morgan fingerprint density at radius 2 is 1.93 bits per heavy atom. The second-order valence-corrected chi connectivity index (χ2v) is 6.73. The molecule has 0 atom stereocenters. The van der Waals surface area contributed by atoms with Crippen molar-refractivity contribution in [1.29, 1.82) is 0 Å². The summed E-state index contributed by atoms with van der Waals surface area (Å²) in [5, 5.41) is 11.9. The van der Waals surface area contributed by atoms with E-state index in [1.54, 1.807) is 0 Å². The smallest absolute Gasteiger partial charge is 0.193 e. The normalized spacial score (nSPS) is 11.3. The van der Waals surface area contributed by atoms with Crippen LogP contribution in [0.2, 0.25) is 0 Å². The van der Waals surface area contributed by atoms with Crippen molar-refractivity contribution in [1.82, 2.24) is 24.8 Å². The molecule has 1 N–H and O–H groups in total. The predicted octanol–water partition coefficient (Wildman–Crippen LogP) is 3.69. The predicted molar refractivity (Wildman–Crippen MR) is 125 cm³/mol. The monoisotopic (exact) mass is 492 g/mol. The molecule has 0 unspecified atom stereocenters. The number of aromatic nitrogens is 3. The molecule has 3 aromatic rings. The van der Waals surface area contributed by atoms with Gasteiger partial charge in [-0.15, -0.1) is 34.2 Å². The molecule has 28 heavy (non-hydrogen) atoms. The van der Waals surface area contributed by atoms with Crippen molar-refractivity contribution in [3.05, 3.63) is 65.6 Å². The number of nitrogens with one attached hydrogen (secondary N) is 1. The summed E-state index contributed by atoms with van der Waals surface area (Å²) in [5.41, 5.74) is 3.45. The average molecular weight is 492 g/mol. The fourth-order valence-corrected chi connectivity index (χ4v) is 3.00. The van der Waals surface area contributed by atoms with Gasteiger partial charge in [-0.2, -0.15) is 0 Å². The number of benzene rings is 1. The molecule has 1 aromatic carbocycles. The van der Waals surface area contributed by atoms with Crippen LogP contribution >= 0.6 is 24.0 Å². The molecule has 150 valence electrons. The maximum Gasteiger partial charge on any atom is 0.193 e. The highest BCUT2D eigenvalue weighted by Gasteiger charge is 2.07. The lowest BCUT2D eigenvalue weighted by Crippen LogP contribution is -2.38. The zero-order valence-corrected chi connectivity index (χ0v) is 19.1. The van der Waals surface area contributed by atoms with Gasteiger partial charge in [0, 0.05) is 39.3 Å². The van der Waals surface area contributed by atoms with Crippen LogP contribution in [-0.4, -0.2) is 45.6 Å². The zero-order chi connectivity index (χ0) is 19.1. The second kappa shape index (κ2) is 11.0. The first-order chi connectivity index (χ1) is 13.2. The highest BCUT2D eigenvalue weighted by molar-refractivity contribution is 14.0. The molecule has 0 fully saturated rings. The third-order valence-electron chi connectivity index (χ3n) is 4.44. The summed E-state index contributed by atoms with van der Waals surface area (Å²) in [6.07, 6.45) is 3.80. The van der Waals surface area contributed by atoms with Gasteiger partial charge in [0.1, 0.15) is 5.82 Å². The summed E-state index contributed by atoms with van der Waals surface area (Å²) in [4.78, 5) is 6.95. The van der Waals surface area contributed by atoms with E-state index < -0.39 is 0 Å². The summed E-state index contributed by atoms with van der Waals surface area (Å²) in [6, 6.07) is 14.6. The Morgan fingerprint density at radius 1 is 1.14 bits per heavy atom. The van der Waals surface area contributed by atoms with Crippen LogP contribution in [0, 0.1) is 6.92 Å². The Bertz CT molecular complexity index is 887. The molecule has 6 nitrogen and oxygen atoms in total. The van der Waals surface area contributed by atoms with Gasteiger partial charge in [0.2, 0.25) is 0 Å². The highest BCUT2D eigenvalue weighted by atomic mass is 127. The van der Waals surface area contributed by atoms with Gasteiger partial charge in [0.25, 0.3) is 0 Å². The van der Waals surface area contributed by atoms with Gasteiger partial charge in [-0.05, 0) is 38.0 Å². The number of nitrogens with zero attached hydrogens (tertiary/aromatic N) is 5. The van der Waals surface area contributed by atoms with Crippen molar-refractivity contribution in [3.63, 3.8) is 0 Å². The van der Waals surface area contributed by atoms with E-state index in [1.807, 2.05) is 28.8 Å². The molecule has 2 heterocycles. The van der Waals surface area contributed by atoms with Crippen LogP contribution in [0.4, 0.5) is 0 Å². The van der Waals surface area contributed by atoms with Crippen LogP contribution < -0.4 is 5.32 Å². The van der Waals surface area contributed by atoms with Crippen molar-refractivity contribution >= 4 is 35.6 Å². The van der Waals surface area contributed by atoms with Crippen LogP contribution in [0.25, 0.3) is 5.65 Å². The van der Waals surface area contributed by atoms with Crippen LogP contribution in [0.3, 0.4) is 0 Å². The summed E-state index contributed by atoms with van der Waals surface area (Å²) < 4.78 is 2.04. The van der Waals surface area contributed by atoms with Crippen LogP contribution in [0.1, 0.15) is 30.3 Å². The maximum atomic E-state index is 4.78. The second-order valence-electron chi connectivity index (χ2n) is 6.73. The number of hydrogen-bond acceptors (Lipinski definition) is 3. The average Bonchev–Trinajstić information content (AvgIpc) is 3.09. The van der Waals surface area contributed by atoms with Gasteiger partial charge < -0.3 is 10.2 Å². The first-order valence-corrected chi connectivity index (χ1v) is 9.51. The molecule has 0 aliphatic heterocycles. The molecular formula is C21H29IN6. The van der Waals surface area contributed by atoms with Gasteiger partial charge in [0.05, 0.1) is 0 Å². The van der Waals surface area contributed by atoms with Crippen LogP contribution in [-0.2, 0) is 13.0 Å². The lowest BCUT2D eigenvalue weighted by molar-refractivity contribution is 0.476. The molecule has 0 bridgehead atoms. The molecule has 0 amide bonds. The Kier molecular flexibility index (Phi) is 8.69. The van der Waals surface area contributed by atoms with Crippen molar-refractivity contribution in [3.8, 4) is 0 Å². The minimum Gasteiger partial charge on any atom is -0.357 e. The number of fused-ring (bicyclic) bond motifs is 1.